The molecule has 1 N–H and O–H groups in total. The summed E-state index contributed by atoms with van der Waals surface area (Å²) in [6.45, 7) is 6.34. The van der Waals surface area contributed by atoms with E-state index in [0.717, 1.165) is 36.6 Å². The van der Waals surface area contributed by atoms with Gasteiger partial charge in [0.1, 0.15) is 0 Å². The van der Waals surface area contributed by atoms with Gasteiger partial charge in [-0.2, -0.15) is 0 Å². The maximum Gasteiger partial charge on any atom is 0.165 e. The van der Waals surface area contributed by atoms with Crippen molar-refractivity contribution in [1.82, 2.24) is 10.2 Å². The molecule has 0 aliphatic heterocycles. The molecule has 0 saturated heterocycles. The van der Waals surface area contributed by atoms with Crippen LogP contribution >= 0.6 is 0 Å². The fourth-order valence-electron chi connectivity index (χ4n) is 2.58. The molecular formula is C17H30N2O2. The van der Waals surface area contributed by atoms with Crippen LogP contribution in [0.15, 0.2) is 18.2 Å². The van der Waals surface area contributed by atoms with Gasteiger partial charge in [-0.25, -0.2) is 0 Å². The molecule has 0 saturated carbocycles. The summed E-state index contributed by atoms with van der Waals surface area (Å²) in [5, 5.41) is 3.65. The number of likely N-dealkylation sites (N-methyl/N-ethyl adjacent to an activating group) is 1. The number of rotatable bonds is 9. The molecule has 0 radical (unpaired) electrons. The van der Waals surface area contributed by atoms with E-state index in [9.17, 15) is 0 Å². The molecule has 4 heteroatoms. The van der Waals surface area contributed by atoms with Gasteiger partial charge in [-0.05, 0) is 32.5 Å². The van der Waals surface area contributed by atoms with Crippen molar-refractivity contribution in [3.8, 4) is 11.5 Å². The van der Waals surface area contributed by atoms with Gasteiger partial charge in [-0.3, -0.25) is 0 Å². The van der Waals surface area contributed by atoms with Gasteiger partial charge in [0.05, 0.1) is 14.2 Å². The third-order valence-electron chi connectivity index (χ3n) is 3.41. The van der Waals surface area contributed by atoms with Crippen molar-refractivity contribution in [2.45, 2.75) is 32.9 Å². The van der Waals surface area contributed by atoms with Crippen LogP contribution in [-0.4, -0.2) is 45.8 Å². The Labute approximate surface area is 129 Å². The summed E-state index contributed by atoms with van der Waals surface area (Å²) in [7, 11) is 7.58. The highest BCUT2D eigenvalue weighted by atomic mass is 16.5. The molecule has 1 atom stereocenters. The highest BCUT2D eigenvalue weighted by Crippen LogP contribution is 2.30. The lowest BCUT2D eigenvalue weighted by molar-refractivity contribution is 0.302. The minimum atomic E-state index is 0.468. The number of nitrogens with zero attached hydrogens (tertiary/aromatic N) is 1. The van der Waals surface area contributed by atoms with E-state index in [1.165, 1.54) is 0 Å². The van der Waals surface area contributed by atoms with Crippen molar-refractivity contribution in [3.05, 3.63) is 23.8 Å². The van der Waals surface area contributed by atoms with Gasteiger partial charge in [0.2, 0.25) is 0 Å². The van der Waals surface area contributed by atoms with Crippen molar-refractivity contribution in [1.29, 1.82) is 0 Å². The van der Waals surface area contributed by atoms with Crippen LogP contribution in [0.2, 0.25) is 0 Å². The van der Waals surface area contributed by atoms with Crippen LogP contribution in [-0.2, 0) is 6.54 Å². The molecule has 1 rings (SSSR count). The number of para-hydroxylation sites is 1. The van der Waals surface area contributed by atoms with E-state index in [1.807, 2.05) is 12.1 Å². The zero-order valence-electron chi connectivity index (χ0n) is 14.3. The Balaban J connectivity index is 2.75. The minimum absolute atomic E-state index is 0.468. The van der Waals surface area contributed by atoms with E-state index in [2.05, 4.69) is 44.2 Å². The van der Waals surface area contributed by atoms with Gasteiger partial charge in [-0.15, -0.1) is 0 Å². The number of methoxy groups -OCH3 is 2. The summed E-state index contributed by atoms with van der Waals surface area (Å²) < 4.78 is 10.8. The first-order chi connectivity index (χ1) is 9.97. The van der Waals surface area contributed by atoms with Crippen LogP contribution in [0.4, 0.5) is 0 Å². The molecule has 0 aliphatic rings. The number of hydrogen-bond acceptors (Lipinski definition) is 4. The quantitative estimate of drug-likeness (QED) is 0.759. The smallest absolute Gasteiger partial charge is 0.165 e. The predicted octanol–water partition coefficient (Wildman–Crippen LogP) is 2.77. The van der Waals surface area contributed by atoms with Gasteiger partial charge >= 0.3 is 0 Å². The van der Waals surface area contributed by atoms with Crippen molar-refractivity contribution in [2.24, 2.45) is 5.92 Å². The summed E-state index contributed by atoms with van der Waals surface area (Å²) in [6, 6.07) is 6.47. The summed E-state index contributed by atoms with van der Waals surface area (Å²) >= 11 is 0. The molecule has 0 aromatic heterocycles. The molecule has 1 unspecified atom stereocenters. The Bertz CT molecular complexity index is 409. The summed E-state index contributed by atoms with van der Waals surface area (Å²) in [4.78, 5) is 2.23. The second-order valence-corrected chi connectivity index (χ2v) is 6.12. The fraction of sp³-hybridized carbons (Fsp3) is 0.647. The van der Waals surface area contributed by atoms with E-state index in [-0.39, 0.29) is 0 Å². The van der Waals surface area contributed by atoms with Crippen molar-refractivity contribution >= 4 is 0 Å². The lowest BCUT2D eigenvalue weighted by atomic mass is 10.0. The second-order valence-electron chi connectivity index (χ2n) is 6.12. The molecule has 0 spiro atoms. The molecule has 0 bridgehead atoms. The summed E-state index contributed by atoms with van der Waals surface area (Å²) in [5.41, 5.74) is 1.13. The van der Waals surface area contributed by atoms with Gasteiger partial charge < -0.3 is 19.7 Å². The van der Waals surface area contributed by atoms with Crippen LogP contribution in [0.5, 0.6) is 11.5 Å². The first-order valence-corrected chi connectivity index (χ1v) is 7.55. The van der Waals surface area contributed by atoms with Gasteiger partial charge in [-0.1, -0.05) is 26.0 Å². The number of hydrogen-bond donors (Lipinski definition) is 1. The normalized spacial score (nSPS) is 12.8. The molecule has 1 aromatic rings. The van der Waals surface area contributed by atoms with E-state index in [0.29, 0.717) is 12.0 Å². The third-order valence-corrected chi connectivity index (χ3v) is 3.41. The monoisotopic (exact) mass is 294 g/mol. The standard InChI is InChI=1S/C17H30N2O2/c1-13(2)10-15(12-19(3)4)18-11-14-8-7-9-16(20-5)17(14)21-6/h7-9,13,15,18H,10-12H2,1-6H3. The Morgan fingerprint density at radius 2 is 1.86 bits per heavy atom. The highest BCUT2D eigenvalue weighted by Gasteiger charge is 2.14. The first kappa shape index (κ1) is 17.8. The van der Waals surface area contributed by atoms with Gasteiger partial charge in [0.25, 0.3) is 0 Å². The second kappa shape index (κ2) is 8.90. The van der Waals surface area contributed by atoms with E-state index >= 15 is 0 Å². The van der Waals surface area contributed by atoms with E-state index in [4.69, 9.17) is 9.47 Å². The lowest BCUT2D eigenvalue weighted by Crippen LogP contribution is -2.38. The zero-order valence-corrected chi connectivity index (χ0v) is 14.3. The van der Waals surface area contributed by atoms with Crippen LogP contribution in [0.25, 0.3) is 0 Å². The molecule has 0 fully saturated rings. The fourth-order valence-corrected chi connectivity index (χ4v) is 2.58. The molecule has 120 valence electrons. The molecule has 21 heavy (non-hydrogen) atoms. The maximum absolute atomic E-state index is 5.49. The van der Waals surface area contributed by atoms with E-state index in [1.54, 1.807) is 14.2 Å². The van der Waals surface area contributed by atoms with E-state index < -0.39 is 0 Å². The minimum Gasteiger partial charge on any atom is -0.493 e. The summed E-state index contributed by atoms with van der Waals surface area (Å²) in [6.07, 6.45) is 1.16. The van der Waals surface area contributed by atoms with Crippen LogP contribution in [0, 0.1) is 5.92 Å². The van der Waals surface area contributed by atoms with Crippen molar-refractivity contribution < 1.29 is 9.47 Å². The Kier molecular flexibility index (Phi) is 7.54. The average molecular weight is 294 g/mol. The topological polar surface area (TPSA) is 33.7 Å². The maximum atomic E-state index is 5.49. The van der Waals surface area contributed by atoms with Crippen molar-refractivity contribution in [3.63, 3.8) is 0 Å². The number of ether oxygens (including phenoxy) is 2. The lowest BCUT2D eigenvalue weighted by Gasteiger charge is -2.24. The number of nitrogens with one attached hydrogen (secondary N) is 1. The first-order valence-electron chi connectivity index (χ1n) is 7.55. The summed E-state index contributed by atoms with van der Waals surface area (Å²) in [5.74, 6) is 2.28. The average Bonchev–Trinajstić information content (AvgIpc) is 2.42. The Morgan fingerprint density at radius 1 is 1.14 bits per heavy atom. The number of benzene rings is 1. The van der Waals surface area contributed by atoms with Gasteiger partial charge in [0.15, 0.2) is 11.5 Å². The molecule has 0 amide bonds. The molecule has 0 aliphatic carbocycles. The van der Waals surface area contributed by atoms with Gasteiger partial charge in [0, 0.05) is 24.7 Å². The largest absolute Gasteiger partial charge is 0.493 e. The highest BCUT2D eigenvalue weighted by molar-refractivity contribution is 5.46. The van der Waals surface area contributed by atoms with Crippen LogP contribution < -0.4 is 14.8 Å². The zero-order chi connectivity index (χ0) is 15.8. The van der Waals surface area contributed by atoms with Crippen LogP contribution in [0.1, 0.15) is 25.8 Å². The predicted molar refractivity (Wildman–Crippen MR) is 88.2 cm³/mol. The molecular weight excluding hydrogens is 264 g/mol. The SMILES string of the molecule is COc1cccc(CNC(CC(C)C)CN(C)C)c1OC. The Hall–Kier alpha value is -1.26. The van der Waals surface area contributed by atoms with Crippen molar-refractivity contribution in [2.75, 3.05) is 34.9 Å². The van der Waals surface area contributed by atoms with Crippen LogP contribution in [0.3, 0.4) is 0 Å². The molecule has 1 aromatic carbocycles. The molecule has 0 heterocycles. The molecule has 4 nitrogen and oxygen atoms in total. The third kappa shape index (κ3) is 5.94. The Morgan fingerprint density at radius 3 is 2.38 bits per heavy atom.